The Balaban J connectivity index is 0.924. The van der Waals surface area contributed by atoms with Crippen LogP contribution in [0.3, 0.4) is 0 Å². The molecule has 0 bridgehead atoms. The Morgan fingerprint density at radius 2 is 1.67 bits per heavy atom. The van der Waals surface area contributed by atoms with Crippen molar-refractivity contribution in [2.45, 2.75) is 77.7 Å². The largest absolute Gasteiger partial charge is 0.192 e. The number of nitrogens with one attached hydrogen (secondary N) is 1. The van der Waals surface area contributed by atoms with Gasteiger partial charge in [-0.25, -0.2) is 0 Å². The maximum absolute atomic E-state index is 12.7. The van der Waals surface area contributed by atoms with Gasteiger partial charge in [0.15, 0.2) is 17.3 Å². The molecule has 324 valence electrons. The normalized spacial score (nSPS) is 15.5. The first-order chi connectivity index (χ1) is 29.2. The van der Waals surface area contributed by atoms with Gasteiger partial charge in [0, 0.05) is 17.0 Å². The number of carbonyl (C=O) groups is 2. The second-order valence-corrected chi connectivity index (χ2v) is 23.0. The van der Waals surface area contributed by atoms with Crippen molar-refractivity contribution in [2.75, 3.05) is 65.3 Å². The van der Waals surface area contributed by atoms with Crippen LogP contribution >= 0.6 is 11.6 Å². The van der Waals surface area contributed by atoms with Crippen molar-refractivity contribution in [3.63, 3.8) is 0 Å². The molecule has 2 aliphatic rings. The maximum atomic E-state index is 12.7. The molecule has 2 saturated heterocycles. The van der Waals surface area contributed by atoms with E-state index in [1.165, 1.54) is 12.8 Å². The van der Waals surface area contributed by atoms with Gasteiger partial charge in [-0.05, 0) is 31.5 Å². The Morgan fingerprint density at radius 1 is 0.951 bits per heavy atom. The molecule has 13 heteroatoms. The van der Waals surface area contributed by atoms with E-state index in [-0.39, 0.29) is 17.5 Å². The number of piperazine rings is 1. The Kier molecular flexibility index (Phi) is 16.1. The fourth-order valence-corrected chi connectivity index (χ4v) is 12.4. The van der Waals surface area contributed by atoms with Gasteiger partial charge in [0.05, 0.1) is 17.2 Å². The summed E-state index contributed by atoms with van der Waals surface area (Å²) >= 11 is 4.74. The first kappa shape index (κ1) is 46.3. The predicted octanol–water partition coefficient (Wildman–Crippen LogP) is 8.84. The minimum atomic E-state index is -1.86. The summed E-state index contributed by atoms with van der Waals surface area (Å²) in [6, 6.07) is 21.7. The molecule has 1 aromatic heterocycles. The van der Waals surface area contributed by atoms with Crippen molar-refractivity contribution < 1.29 is 19.1 Å². The van der Waals surface area contributed by atoms with E-state index in [2.05, 4.69) is 60.1 Å². The van der Waals surface area contributed by atoms with Gasteiger partial charge in [-0.2, -0.15) is 5.26 Å². The molecule has 6 rings (SSSR count). The predicted molar refractivity (Wildman–Crippen MR) is 246 cm³/mol. The number of piperidine rings is 1. The number of Topliss-reactive ketones (excluding diaryl/α,β-unsaturated/α-hetero) is 2. The van der Waals surface area contributed by atoms with Crippen molar-refractivity contribution in [3.05, 3.63) is 105 Å². The number of anilines is 2. The summed E-state index contributed by atoms with van der Waals surface area (Å²) in [7, 11) is 0. The van der Waals surface area contributed by atoms with Crippen LogP contribution in [0.15, 0.2) is 66.9 Å². The minimum Gasteiger partial charge on any atom is -0.192 e. The van der Waals surface area contributed by atoms with Crippen LogP contribution in [0.25, 0.3) is 0 Å². The molecular formula is C48H61ClN7O4Sb. The number of rotatable bonds is 18. The number of ketones is 2. The van der Waals surface area contributed by atoms with Gasteiger partial charge in [0.1, 0.15) is 6.07 Å². The Bertz CT molecular complexity index is 2180. The number of carbonyl (C=O) groups excluding carboxylic acids is 2. The average Bonchev–Trinajstić information content (AvgIpc) is 3.25. The first-order valence-electron chi connectivity index (χ1n) is 21.5. The Labute approximate surface area is 375 Å². The molecule has 0 saturated carbocycles. The molecule has 0 aliphatic carbocycles. The summed E-state index contributed by atoms with van der Waals surface area (Å²) in [5.41, 5.74) is 4.96. The van der Waals surface area contributed by atoms with Gasteiger partial charge in [-0.3, -0.25) is 9.59 Å². The maximum Gasteiger partial charge on any atom is 0.103 e. The standard InChI is InChI=1S/C24H24ClN4O2.C23H34N3O2.CH3.Sb/c1-4-11-30-22-16(14-26)12-18(13-21(22)25)24(2,3)17-5-7-20(8-6-17)31-15-19-9-10-28-23(27)29-19;1-17(2)23(28)21-6-5-20(15-22(21)18(3)27)26-13-11-25(12-14-26)16-19-7-9-24(4)10-8-19;;/h5-10,12-13H,4,11,15H2,1-3H3,(H-,27,28,29);5-6,15,17,19H,4,7-14,16H2,1-3H3;1H3;/q-1;;;+1. The number of halogens is 1. The molecule has 0 spiro atoms. The molecule has 3 heterocycles. The summed E-state index contributed by atoms with van der Waals surface area (Å²) < 4.78 is 16.7. The monoisotopic (exact) mass is 955 g/mol. The number of benzene rings is 3. The fraction of sp³-hybridized carbons (Fsp3) is 0.479. The smallest absolute Gasteiger partial charge is 0.103 e. The average molecular weight is 957 g/mol. The van der Waals surface area contributed by atoms with E-state index in [1.54, 1.807) is 13.1 Å². The van der Waals surface area contributed by atoms with Crippen LogP contribution in [-0.2, 0) is 12.0 Å². The van der Waals surface area contributed by atoms with E-state index in [4.69, 9.17) is 26.1 Å². The van der Waals surface area contributed by atoms with Crippen LogP contribution in [0.1, 0.15) is 104 Å². The SMILES string of the molecule is CCCOc1c(Cl)cc(C(C)(C)c2ccc(OCc3ccnc([NH][Sb]([CH3])[CH2]N4CCC(CN5CCN(c6ccc(C(=O)C(C)C)c(C(C)=O)c6)CC5)CC4)n3)cc2)cc1C#N. The van der Waals surface area contributed by atoms with Crippen molar-refractivity contribution in [1.29, 1.82) is 5.26 Å². The number of hydrogen-bond acceptors (Lipinski definition) is 11. The third kappa shape index (κ3) is 12.0. The summed E-state index contributed by atoms with van der Waals surface area (Å²) in [4.78, 5) is 44.4. The van der Waals surface area contributed by atoms with Crippen LogP contribution in [0.4, 0.5) is 11.6 Å². The molecule has 0 radical (unpaired) electrons. The van der Waals surface area contributed by atoms with Crippen molar-refractivity contribution >= 4 is 55.3 Å². The summed E-state index contributed by atoms with van der Waals surface area (Å²) in [6.45, 7) is 19.6. The topological polar surface area (TPSA) is 124 Å². The Morgan fingerprint density at radius 3 is 2.33 bits per heavy atom. The zero-order valence-corrected chi connectivity index (χ0v) is 40.1. The Hall–Kier alpha value is -4.20. The molecule has 1 N–H and O–H groups in total. The number of likely N-dealkylation sites (tertiary alicyclic amines) is 1. The molecule has 0 amide bonds. The van der Waals surface area contributed by atoms with Crippen LogP contribution in [0, 0.1) is 23.2 Å². The van der Waals surface area contributed by atoms with Gasteiger partial charge < -0.3 is 4.74 Å². The van der Waals surface area contributed by atoms with E-state index < -0.39 is 25.9 Å². The van der Waals surface area contributed by atoms with Gasteiger partial charge >= 0.3 is 236 Å². The number of nitrogens with zero attached hydrogens (tertiary/aromatic N) is 6. The van der Waals surface area contributed by atoms with E-state index in [1.807, 2.05) is 69.3 Å². The van der Waals surface area contributed by atoms with Crippen LogP contribution in [0.2, 0.25) is 9.89 Å². The summed E-state index contributed by atoms with van der Waals surface area (Å²) in [5.74, 6) is 2.38. The number of ether oxygens (including phenoxy) is 2. The van der Waals surface area contributed by atoms with E-state index in [0.29, 0.717) is 52.5 Å². The minimum absolute atomic E-state index is 0.0186. The summed E-state index contributed by atoms with van der Waals surface area (Å²) in [6.07, 6.45) is 5.05. The zero-order valence-electron chi connectivity index (χ0n) is 36.8. The molecule has 0 atom stereocenters. The van der Waals surface area contributed by atoms with Gasteiger partial charge in [-0.15, -0.1) is 0 Å². The molecule has 11 nitrogen and oxygen atoms in total. The van der Waals surface area contributed by atoms with Gasteiger partial charge in [0.25, 0.3) is 0 Å². The molecule has 2 aliphatic heterocycles. The quantitative estimate of drug-likeness (QED) is 0.0761. The van der Waals surface area contributed by atoms with Crippen molar-refractivity contribution in [2.24, 2.45) is 11.8 Å². The number of hydrogen-bond donors (Lipinski definition) is 1. The van der Waals surface area contributed by atoms with E-state index in [0.717, 1.165) is 85.0 Å². The second kappa shape index (κ2) is 21.2. The fourth-order valence-electron chi connectivity index (χ4n) is 8.13. The summed E-state index contributed by atoms with van der Waals surface area (Å²) in [5, 5.41) is 10.2. The molecule has 0 unspecified atom stereocenters. The van der Waals surface area contributed by atoms with Crippen LogP contribution < -0.4 is 17.8 Å². The first-order valence-corrected chi connectivity index (χ1v) is 27.6. The number of aromatic nitrogens is 2. The van der Waals surface area contributed by atoms with Crippen molar-refractivity contribution in [1.82, 2.24) is 19.8 Å². The molecular weight excluding hydrogens is 896 g/mol. The number of nitriles is 1. The molecule has 3 aromatic carbocycles. The van der Waals surface area contributed by atoms with Gasteiger partial charge in [-0.1, -0.05) is 32.4 Å². The van der Waals surface area contributed by atoms with Crippen molar-refractivity contribution in [3.8, 4) is 17.6 Å². The third-order valence-electron chi connectivity index (χ3n) is 11.8. The van der Waals surface area contributed by atoms with E-state index in [9.17, 15) is 14.9 Å². The second-order valence-electron chi connectivity index (χ2n) is 17.2. The third-order valence-corrected chi connectivity index (χ3v) is 16.1. The van der Waals surface area contributed by atoms with Gasteiger partial charge in [0.2, 0.25) is 0 Å². The molecule has 4 aromatic rings. The molecule has 2 fully saturated rings. The zero-order chi connectivity index (χ0) is 43.7. The van der Waals surface area contributed by atoms with Crippen LogP contribution in [-0.4, -0.2) is 109 Å². The van der Waals surface area contributed by atoms with Crippen LogP contribution in [0.5, 0.6) is 11.5 Å². The van der Waals surface area contributed by atoms with E-state index >= 15 is 0 Å². The molecule has 61 heavy (non-hydrogen) atoms.